The van der Waals surface area contributed by atoms with Crippen molar-refractivity contribution < 1.29 is 168 Å². The normalized spacial score (nSPS) is 12.3. The Hall–Kier alpha value is -18.5. The number of hydrogen-bond donors (Lipinski definition) is 21. The number of nitro groups is 1. The number of carbonyl (C=O) groups excluding carboxylic acids is 3. The van der Waals surface area contributed by atoms with E-state index in [0.717, 1.165) is 109 Å². The molecule has 12 rings (SSSR count). The summed E-state index contributed by atoms with van der Waals surface area (Å²) in [7, 11) is 0. The fraction of sp³-hybridized carbons (Fsp3) is 0.143. The number of benzene rings is 9. The number of aromatic amines is 3. The van der Waals surface area contributed by atoms with E-state index in [1.165, 1.54) is 54.6 Å². The van der Waals surface area contributed by atoms with Crippen molar-refractivity contribution in [3.8, 4) is 67.2 Å². The third-order valence-electron chi connectivity index (χ3n) is 22.1. The van der Waals surface area contributed by atoms with Crippen LogP contribution < -0.4 is 16.0 Å². The van der Waals surface area contributed by atoms with Gasteiger partial charge >= 0.3 is 89.5 Å². The number of fused-ring (bicyclic) bond motifs is 3. The highest BCUT2D eigenvalue weighted by Crippen LogP contribution is 2.43. The standard InChI is InChI=1S/C91H69N7O35/c99-67(92-64(88(126)127)34-61-58-7-1-4-55(37-16-43(76(102)103)28-44(17-37)77(104)105)73(58)95-70(61)40-22-49(82(114)115)31-50(23-40)83(116)117)10-13-91(98(132)133,14-11-68(100)93-65(89(128)129)35-62-59-8-2-5-56(38-18-45(78(106)107)29-46(19-38)79(108)109)74(59)96-71(62)41-24-51(84(118)119)32-52(25-41)85(120)121)15-12-69(101)94-66(90(130)131)36-63-60-9-3-6-57(39-20-47(80(110)111)30-48(21-39)81(112)113)75(60)97-72(63)42-26-53(86(122)123)33-54(27-42)87(124)125/h1-9,16-33,64-66,95-97H,10-15,34-36H2,(H,92,99)(H,93,100)(H,94,101)(H,102,103)(H,104,105)(H,106,107)(H,108,109)(H,110,111)(H,112,113)(H,114,115)(H,116,117)(H,118,119)(H,120,121)(H,122,123)(H,124,125)(H,126,127)(H,128,129)(H,130,131). The van der Waals surface area contributed by atoms with E-state index in [1.807, 2.05) is 0 Å². The number of carboxylic acids is 15. The Balaban J connectivity index is 0.921. The summed E-state index contributed by atoms with van der Waals surface area (Å²) in [5, 5.41) is 175. The Kier molecular flexibility index (Phi) is 26.7. The summed E-state index contributed by atoms with van der Waals surface area (Å²) >= 11 is 0. The van der Waals surface area contributed by atoms with Gasteiger partial charge in [0.05, 0.1) is 83.3 Å². The van der Waals surface area contributed by atoms with Gasteiger partial charge in [-0.3, -0.25) is 24.5 Å². The van der Waals surface area contributed by atoms with Crippen LogP contribution in [0.5, 0.6) is 0 Å². The first-order chi connectivity index (χ1) is 62.8. The lowest BCUT2D eigenvalue weighted by molar-refractivity contribution is -0.573. The molecule has 0 aliphatic rings. The van der Waals surface area contributed by atoms with E-state index < -0.39 is 260 Å². The first-order valence-corrected chi connectivity index (χ1v) is 39.1. The number of para-hydroxylation sites is 3. The molecule has 0 aliphatic carbocycles. The largest absolute Gasteiger partial charge is 0.480 e. The SMILES string of the molecule is O=C(CCC(CCC(=O)NC(Cc1c(-c2cc(C(=O)O)cc(C(=O)O)c2)[nH]c2c(-c3cc(C(=O)O)cc(C(=O)O)c3)cccc12)C(=O)O)(CCC(=O)NC(Cc1c(-c2cc(C(=O)O)cc(C(=O)O)c2)[nH]c2c(-c3cc(C(=O)O)cc(C(=O)O)c3)cccc12)C(=O)O)[N+](=O)[O-])NC(Cc1c(-c2cc(C(=O)O)cc(C(=O)O)c2)[nH]c2c(-c3cc(C(=O)O)cc(C(=O)O)c3)cccc12)C(=O)O. The highest BCUT2D eigenvalue weighted by atomic mass is 16.6. The number of nitrogens with zero attached hydrogens (tertiary/aromatic N) is 1. The molecule has 3 heterocycles. The van der Waals surface area contributed by atoms with Crippen LogP contribution in [0.1, 0.15) is 180 Å². The van der Waals surface area contributed by atoms with Gasteiger partial charge in [-0.25, -0.2) is 71.9 Å². The molecule has 3 amide bonds. The number of amides is 3. The van der Waals surface area contributed by atoms with Crippen molar-refractivity contribution in [1.29, 1.82) is 0 Å². The monoisotopic (exact) mass is 1820 g/mol. The summed E-state index contributed by atoms with van der Waals surface area (Å²) in [6.07, 6.45) is -9.51. The number of H-pyrrole nitrogens is 3. The molecule has 21 N–H and O–H groups in total. The molecule has 3 aromatic heterocycles. The lowest BCUT2D eigenvalue weighted by atomic mass is 9.83. The lowest BCUT2D eigenvalue weighted by Crippen LogP contribution is -2.47. The Morgan fingerprint density at radius 1 is 0.278 bits per heavy atom. The predicted octanol–water partition coefficient (Wildman–Crippen LogP) is 10.6. The molecule has 0 bridgehead atoms. The van der Waals surface area contributed by atoms with Crippen molar-refractivity contribution in [3.63, 3.8) is 0 Å². The summed E-state index contributed by atoms with van der Waals surface area (Å²) in [6.45, 7) is 0. The fourth-order valence-corrected chi connectivity index (χ4v) is 15.8. The topological polar surface area (TPSA) is 737 Å². The van der Waals surface area contributed by atoms with Gasteiger partial charge in [0.25, 0.3) is 0 Å². The van der Waals surface area contributed by atoms with E-state index >= 15 is 0 Å². The van der Waals surface area contributed by atoms with Gasteiger partial charge in [0.2, 0.25) is 23.3 Å². The first kappa shape index (κ1) is 93.6. The second-order valence-corrected chi connectivity index (χ2v) is 30.5. The minimum atomic E-state index is -2.84. The Morgan fingerprint density at radius 2 is 0.459 bits per heavy atom. The van der Waals surface area contributed by atoms with Gasteiger partial charge in [-0.15, -0.1) is 0 Å². The molecule has 678 valence electrons. The van der Waals surface area contributed by atoms with Gasteiger partial charge in [0.1, 0.15) is 18.1 Å². The molecule has 0 aliphatic heterocycles. The van der Waals surface area contributed by atoms with Crippen LogP contribution in [0.15, 0.2) is 164 Å². The van der Waals surface area contributed by atoms with E-state index in [-0.39, 0.29) is 117 Å². The molecule has 9 aromatic carbocycles. The average molecular weight is 1820 g/mol. The van der Waals surface area contributed by atoms with Gasteiger partial charge in [-0.05, 0) is 159 Å². The number of carboxylic acid groups (broad SMARTS) is 15. The number of aliphatic carboxylic acids is 3. The molecule has 0 radical (unpaired) electrons. The smallest absolute Gasteiger partial charge is 0.335 e. The van der Waals surface area contributed by atoms with Crippen molar-refractivity contribution in [2.24, 2.45) is 0 Å². The van der Waals surface area contributed by atoms with Crippen molar-refractivity contribution in [1.82, 2.24) is 30.9 Å². The van der Waals surface area contributed by atoms with E-state index in [2.05, 4.69) is 30.9 Å². The summed E-state index contributed by atoms with van der Waals surface area (Å²) in [6, 6.07) is 23.0. The van der Waals surface area contributed by atoms with Crippen LogP contribution in [0.25, 0.3) is 99.9 Å². The minimum absolute atomic E-state index is 0.00533. The Bertz CT molecular complexity index is 6250. The zero-order valence-electron chi connectivity index (χ0n) is 68.0. The van der Waals surface area contributed by atoms with E-state index in [0.29, 0.717) is 0 Å². The number of nitrogens with one attached hydrogen (secondary N) is 6. The lowest BCUT2D eigenvalue weighted by Gasteiger charge is -2.26. The van der Waals surface area contributed by atoms with Crippen molar-refractivity contribution >= 4 is 140 Å². The van der Waals surface area contributed by atoms with Crippen molar-refractivity contribution in [2.45, 2.75) is 81.5 Å². The van der Waals surface area contributed by atoms with E-state index in [9.17, 15) is 173 Å². The highest BCUT2D eigenvalue weighted by Gasteiger charge is 2.45. The number of aromatic nitrogens is 3. The van der Waals surface area contributed by atoms with Crippen LogP contribution in [0.2, 0.25) is 0 Å². The molecule has 0 saturated carbocycles. The maximum Gasteiger partial charge on any atom is 0.335 e. The second kappa shape index (κ2) is 37.9. The molecule has 3 unspecified atom stereocenters. The maximum atomic E-state index is 14.7. The maximum absolute atomic E-state index is 14.7. The molecular formula is C91H69N7O35. The van der Waals surface area contributed by atoms with Gasteiger partial charge in [0, 0.05) is 113 Å². The van der Waals surface area contributed by atoms with Crippen LogP contribution >= 0.6 is 0 Å². The molecular weight excluding hydrogens is 1750 g/mol. The summed E-state index contributed by atoms with van der Waals surface area (Å²) in [5.74, 6) is -29.1. The van der Waals surface area contributed by atoms with Gasteiger partial charge < -0.3 is 108 Å². The summed E-state index contributed by atoms with van der Waals surface area (Å²) in [4.78, 5) is 257. The molecule has 3 atom stereocenters. The fourth-order valence-electron chi connectivity index (χ4n) is 15.8. The molecule has 0 fully saturated rings. The zero-order valence-corrected chi connectivity index (χ0v) is 68.0. The van der Waals surface area contributed by atoms with E-state index in [1.54, 1.807) is 0 Å². The van der Waals surface area contributed by atoms with Gasteiger partial charge in [-0.1, -0.05) is 54.6 Å². The van der Waals surface area contributed by atoms with Crippen LogP contribution in [-0.4, -0.2) is 227 Å². The van der Waals surface area contributed by atoms with Crippen molar-refractivity contribution in [3.05, 3.63) is 257 Å². The van der Waals surface area contributed by atoms with Crippen LogP contribution in [0, 0.1) is 10.1 Å². The second-order valence-electron chi connectivity index (χ2n) is 30.5. The molecule has 133 heavy (non-hydrogen) atoms. The quantitative estimate of drug-likeness (QED) is 0.0125. The Morgan fingerprint density at radius 3 is 0.624 bits per heavy atom. The van der Waals surface area contributed by atoms with Crippen LogP contribution in [-0.2, 0) is 48.0 Å². The van der Waals surface area contributed by atoms with E-state index in [4.69, 9.17) is 0 Å². The summed E-state index contributed by atoms with van der Waals surface area (Å²) in [5.41, 5.74) is -11.9. The molecule has 42 nitrogen and oxygen atoms in total. The summed E-state index contributed by atoms with van der Waals surface area (Å²) < 4.78 is 0. The minimum Gasteiger partial charge on any atom is -0.480 e. The zero-order chi connectivity index (χ0) is 97.0. The highest BCUT2D eigenvalue weighted by molar-refractivity contribution is 6.10. The molecule has 0 saturated heterocycles. The van der Waals surface area contributed by atoms with Gasteiger partial charge in [0.15, 0.2) is 0 Å². The molecule has 42 heteroatoms. The number of rotatable bonds is 40. The third kappa shape index (κ3) is 20.3. The molecule has 12 aromatic rings. The van der Waals surface area contributed by atoms with Crippen molar-refractivity contribution in [2.75, 3.05) is 0 Å². The predicted molar refractivity (Wildman–Crippen MR) is 458 cm³/mol. The molecule has 0 spiro atoms. The van der Waals surface area contributed by atoms with Crippen LogP contribution in [0.4, 0.5) is 0 Å². The number of hydrogen-bond acceptors (Lipinski definition) is 20. The first-order valence-electron chi connectivity index (χ1n) is 39.1. The van der Waals surface area contributed by atoms with Gasteiger partial charge in [-0.2, -0.15) is 0 Å². The average Bonchev–Trinajstić information content (AvgIpc) is 1.61. The number of aromatic carboxylic acids is 12. The Labute approximate surface area is 741 Å². The van der Waals surface area contributed by atoms with Crippen LogP contribution in [0.3, 0.4) is 0 Å². The third-order valence-corrected chi connectivity index (χ3v) is 22.1. The number of carbonyl (C=O) groups is 18.